The van der Waals surface area contributed by atoms with E-state index < -0.39 is 79.9 Å². The maximum absolute atomic E-state index is 14.9. The minimum atomic E-state index is -3.17. The van der Waals surface area contributed by atoms with Crippen molar-refractivity contribution < 1.29 is 45.9 Å². The zero-order valence-corrected chi connectivity index (χ0v) is 39.3. The molecule has 1 aromatic rings. The Kier molecular flexibility index (Phi) is 13.8. The molecule has 2 heterocycles. The van der Waals surface area contributed by atoms with Crippen LogP contribution in [0.5, 0.6) is 0 Å². The van der Waals surface area contributed by atoms with Gasteiger partial charge in [-0.3, -0.25) is 4.79 Å². The van der Waals surface area contributed by atoms with Crippen molar-refractivity contribution in [1.82, 2.24) is 0 Å². The minimum Gasteiger partial charge on any atom is -0.455 e. The molecule has 2 saturated heterocycles. The third-order valence-electron chi connectivity index (χ3n) is 12.9. The van der Waals surface area contributed by atoms with E-state index in [1.54, 1.807) is 0 Å². The summed E-state index contributed by atoms with van der Waals surface area (Å²) in [5, 5.41) is -0.173. The van der Waals surface area contributed by atoms with Crippen molar-refractivity contribution in [1.29, 1.82) is 0 Å². The summed E-state index contributed by atoms with van der Waals surface area (Å²) in [6.07, 6.45) is -0.829. The van der Waals surface area contributed by atoms with E-state index in [2.05, 4.69) is 89.3 Å². The van der Waals surface area contributed by atoms with Crippen LogP contribution in [0.25, 0.3) is 0 Å². The first kappa shape index (κ1) is 44.7. The van der Waals surface area contributed by atoms with Crippen LogP contribution in [0.1, 0.15) is 140 Å². The SMILES string of the molecule is CCCC(=O)O[C@H]1[C@H](OC(=O)[C@H](O[Si](C)(C)C(C)(C)C)c2ccccc2)[C@H]2OC3(CCCCC3)O[C@H]2[C@H]2O[Si](C(C)C)(C(C)C)O[Si](C(C)C)(C(C)C)O[C@H]12. The van der Waals surface area contributed by atoms with Crippen LogP contribution in [-0.2, 0) is 45.9 Å². The highest BCUT2D eigenvalue weighted by Gasteiger charge is 2.70. The number of esters is 2. The fourth-order valence-corrected chi connectivity index (χ4v) is 21.3. The maximum Gasteiger partial charge on any atom is 0.339 e. The van der Waals surface area contributed by atoms with Gasteiger partial charge in [-0.15, -0.1) is 0 Å². The molecule has 0 bridgehead atoms. The van der Waals surface area contributed by atoms with Crippen molar-refractivity contribution in [2.24, 2.45) is 0 Å². The third-order valence-corrected chi connectivity index (χ3v) is 27.7. The first-order valence-corrected chi connectivity index (χ1v) is 28.0. The molecule has 0 unspecified atom stereocenters. The molecule has 55 heavy (non-hydrogen) atoms. The summed E-state index contributed by atoms with van der Waals surface area (Å²) in [5.74, 6) is -1.82. The van der Waals surface area contributed by atoms with Crippen LogP contribution in [0.3, 0.4) is 0 Å². The molecule has 13 heteroatoms. The predicted molar refractivity (Wildman–Crippen MR) is 220 cm³/mol. The van der Waals surface area contributed by atoms with Gasteiger partial charge in [-0.2, -0.15) is 0 Å². The Hall–Kier alpha value is -1.43. The first-order chi connectivity index (χ1) is 25.6. The maximum atomic E-state index is 14.9. The van der Waals surface area contributed by atoms with Gasteiger partial charge < -0.3 is 36.3 Å². The number of rotatable bonds is 12. The second-order valence-electron chi connectivity index (χ2n) is 19.2. The van der Waals surface area contributed by atoms with E-state index >= 15 is 0 Å². The zero-order chi connectivity index (χ0) is 40.7. The number of carbonyl (C=O) groups is 2. The van der Waals surface area contributed by atoms with Gasteiger partial charge in [0.1, 0.15) is 24.4 Å². The van der Waals surface area contributed by atoms with Gasteiger partial charge in [-0.25, -0.2) is 4.79 Å². The van der Waals surface area contributed by atoms with E-state index in [4.69, 9.17) is 36.3 Å². The van der Waals surface area contributed by atoms with Crippen LogP contribution in [-0.4, -0.2) is 79.8 Å². The minimum absolute atomic E-state index is 0.0378. The Bertz CT molecular complexity index is 1440. The van der Waals surface area contributed by atoms with Gasteiger partial charge >= 0.3 is 29.1 Å². The van der Waals surface area contributed by atoms with Gasteiger partial charge in [0.25, 0.3) is 0 Å². The van der Waals surface area contributed by atoms with Crippen molar-refractivity contribution in [2.75, 3.05) is 0 Å². The van der Waals surface area contributed by atoms with Gasteiger partial charge in [-0.05, 0) is 65.1 Å². The normalized spacial score (nSPS) is 29.6. The topological polar surface area (TPSA) is 108 Å². The molecule has 7 atom stereocenters. The second-order valence-corrected chi connectivity index (χ2v) is 32.8. The molecule has 5 rings (SSSR count). The zero-order valence-electron chi connectivity index (χ0n) is 36.3. The highest BCUT2D eigenvalue weighted by molar-refractivity contribution is 6.84. The average Bonchev–Trinajstić information content (AvgIpc) is 3.35. The molecule has 4 aliphatic rings. The Morgan fingerprint density at radius 3 is 1.78 bits per heavy atom. The van der Waals surface area contributed by atoms with Crippen molar-refractivity contribution in [2.45, 2.75) is 217 Å². The third kappa shape index (κ3) is 8.80. The average molecular weight is 821 g/mol. The van der Waals surface area contributed by atoms with Gasteiger partial charge in [0, 0.05) is 19.3 Å². The molecular weight excluding hydrogens is 749 g/mol. The lowest BCUT2D eigenvalue weighted by molar-refractivity contribution is -0.221. The molecule has 10 nitrogen and oxygen atoms in total. The fourth-order valence-electron chi connectivity index (χ4n) is 8.81. The van der Waals surface area contributed by atoms with Crippen molar-refractivity contribution in [3.8, 4) is 0 Å². The van der Waals surface area contributed by atoms with Crippen LogP contribution in [0.4, 0.5) is 0 Å². The summed E-state index contributed by atoms with van der Waals surface area (Å²) in [6.45, 7) is 30.1. The largest absolute Gasteiger partial charge is 0.455 e. The molecule has 2 saturated carbocycles. The molecule has 0 radical (unpaired) electrons. The lowest BCUT2D eigenvalue weighted by atomic mass is 9.84. The molecular formula is C42H72O10Si3. The fraction of sp³-hybridized carbons (Fsp3) is 0.810. The van der Waals surface area contributed by atoms with Crippen LogP contribution in [0.15, 0.2) is 30.3 Å². The Balaban J connectivity index is 1.70. The summed E-state index contributed by atoms with van der Waals surface area (Å²) >= 11 is 0. The van der Waals surface area contributed by atoms with Gasteiger partial charge in [0.15, 0.2) is 32.4 Å². The van der Waals surface area contributed by atoms with Crippen LogP contribution < -0.4 is 0 Å². The molecule has 1 spiro atoms. The highest BCUT2D eigenvalue weighted by atomic mass is 28.5. The smallest absolute Gasteiger partial charge is 0.339 e. The van der Waals surface area contributed by atoms with E-state index in [1.807, 2.05) is 37.3 Å². The molecule has 0 amide bonds. The summed E-state index contributed by atoms with van der Waals surface area (Å²) in [6, 6.07) is 9.52. The lowest BCUT2D eigenvalue weighted by Crippen LogP contribution is -2.68. The van der Waals surface area contributed by atoms with Crippen molar-refractivity contribution >= 4 is 37.4 Å². The molecule has 2 aliphatic carbocycles. The molecule has 1 aromatic carbocycles. The van der Waals surface area contributed by atoms with E-state index in [9.17, 15) is 9.59 Å². The van der Waals surface area contributed by atoms with Gasteiger partial charge in [-0.1, -0.05) is 120 Å². The Morgan fingerprint density at radius 2 is 1.27 bits per heavy atom. The summed E-state index contributed by atoms with van der Waals surface area (Å²) in [5.41, 5.74) is 0.943. The number of hydrogen-bond donors (Lipinski definition) is 0. The quantitative estimate of drug-likeness (QED) is 0.149. The monoisotopic (exact) mass is 820 g/mol. The van der Waals surface area contributed by atoms with E-state index in [1.165, 1.54) is 0 Å². The summed E-state index contributed by atoms with van der Waals surface area (Å²) < 4.78 is 57.1. The number of carbonyl (C=O) groups excluding carboxylic acids is 2. The van der Waals surface area contributed by atoms with Gasteiger partial charge in [0.05, 0.1) is 0 Å². The van der Waals surface area contributed by atoms with Crippen molar-refractivity contribution in [3.05, 3.63) is 35.9 Å². The molecule has 0 N–H and O–H groups in total. The first-order valence-electron chi connectivity index (χ1n) is 21.2. The highest BCUT2D eigenvalue weighted by Crippen LogP contribution is 2.54. The Morgan fingerprint density at radius 1 is 0.764 bits per heavy atom. The van der Waals surface area contributed by atoms with E-state index in [0.717, 1.165) is 19.3 Å². The van der Waals surface area contributed by atoms with Crippen LogP contribution in [0.2, 0.25) is 40.3 Å². The van der Waals surface area contributed by atoms with E-state index in [-0.39, 0.29) is 39.6 Å². The number of hydrogen-bond acceptors (Lipinski definition) is 10. The number of fused-ring (bicyclic) bond motifs is 3. The summed E-state index contributed by atoms with van der Waals surface area (Å²) in [7, 11) is -8.75. The Labute approximate surface area is 335 Å². The molecule has 0 aromatic heterocycles. The van der Waals surface area contributed by atoms with Crippen LogP contribution >= 0.6 is 0 Å². The van der Waals surface area contributed by atoms with Gasteiger partial charge in [0.2, 0.25) is 0 Å². The predicted octanol–water partition coefficient (Wildman–Crippen LogP) is 10.2. The second kappa shape index (κ2) is 17.0. The number of benzene rings is 1. The van der Waals surface area contributed by atoms with Crippen LogP contribution in [0, 0.1) is 0 Å². The summed E-state index contributed by atoms with van der Waals surface area (Å²) in [4.78, 5) is 28.7. The van der Waals surface area contributed by atoms with Crippen molar-refractivity contribution in [3.63, 3.8) is 0 Å². The number of ether oxygens (including phenoxy) is 4. The van der Waals surface area contributed by atoms with E-state index in [0.29, 0.717) is 24.8 Å². The standard InChI is InChI=1S/C42H72O10Si3/c1-15-22-32(43)45-35-34(46-40(44)33(31-23-18-16-19-24-31)49-53(13,14)41(10,11)12)36-37(48-42(47-36)25-20-17-21-26-42)39-38(35)50-54(27(2)3,28(4)5)52-55(51-39,29(6)7)30(8)9/h16,18-19,23-24,27-30,33-39H,15,17,20-22,25-26H2,1-14H3/t33-,34+,35+,36-,37-,38-,39-/m1/s1. The molecule has 4 fully saturated rings. The molecule has 2 aliphatic heterocycles. The lowest BCUT2D eigenvalue weighted by Gasteiger charge is -2.48. The molecule has 312 valence electrons.